The standard InChI is InChI=1S/C45H57ClN10O4S/c1-54-39(20-28-2-3-28)34(23-50-54)42-37(46)24-49-45(53-42)51-32-8-6-31(7-9-32)48-22-30-14-17-55(18-15-30)19-16-47-21-29-4-10-33(11-5-29)60-26-40-35-25-56(44(59)36(35)27-61-40)38-12-13-41(57)52-43(38)58/h4-5,10-11,23-24,27-28,30-32,38,47-48H,2-3,6-9,12-22,25-26H2,1H3,(H,49,51,53)(H,52,57,58). The van der Waals surface area contributed by atoms with Crippen LogP contribution in [0.1, 0.15) is 96.3 Å². The van der Waals surface area contributed by atoms with Crippen molar-refractivity contribution >= 4 is 46.6 Å². The van der Waals surface area contributed by atoms with E-state index in [4.69, 9.17) is 21.3 Å². The van der Waals surface area contributed by atoms with Gasteiger partial charge in [0.25, 0.3) is 5.91 Å². The zero-order valence-corrected chi connectivity index (χ0v) is 36.5. The lowest BCUT2D eigenvalue weighted by Gasteiger charge is -2.34. The molecule has 61 heavy (non-hydrogen) atoms. The maximum atomic E-state index is 13.0. The van der Waals surface area contributed by atoms with Crippen LogP contribution in [0.3, 0.4) is 0 Å². The van der Waals surface area contributed by atoms with Crippen molar-refractivity contribution in [1.82, 2.24) is 45.5 Å². The lowest BCUT2D eigenvalue weighted by Crippen LogP contribution is -2.52. The van der Waals surface area contributed by atoms with Crippen LogP contribution in [0.2, 0.25) is 5.02 Å². The lowest BCUT2D eigenvalue weighted by molar-refractivity contribution is -0.136. The van der Waals surface area contributed by atoms with Crippen LogP contribution in [0, 0.1) is 11.8 Å². The van der Waals surface area contributed by atoms with Crippen LogP contribution in [0.25, 0.3) is 11.3 Å². The number of thiophene rings is 1. The molecule has 0 spiro atoms. The predicted molar refractivity (Wildman–Crippen MR) is 235 cm³/mol. The highest BCUT2D eigenvalue weighted by atomic mass is 35.5. The summed E-state index contributed by atoms with van der Waals surface area (Å²) in [6, 6.07) is 8.49. The molecule has 2 saturated heterocycles. The average molecular weight is 870 g/mol. The molecule has 0 bridgehead atoms. The third kappa shape index (κ3) is 10.1. The van der Waals surface area contributed by atoms with Gasteiger partial charge in [0.1, 0.15) is 18.4 Å². The SMILES string of the molecule is Cn1ncc(-c2nc(NC3CCC(NCC4CCN(CCNCc5ccc(OCc6scc7c6CN(C6CCC(=O)NC6=O)C7=O)cc5)CC4)CC3)ncc2Cl)c1CC1CC1. The van der Waals surface area contributed by atoms with E-state index in [9.17, 15) is 14.4 Å². The Labute approximate surface area is 366 Å². The minimum atomic E-state index is -0.610. The third-order valence-electron chi connectivity index (χ3n) is 13.3. The fourth-order valence-corrected chi connectivity index (χ4v) is 10.5. The van der Waals surface area contributed by atoms with E-state index in [-0.39, 0.29) is 18.2 Å². The normalized spacial score (nSPS) is 22.4. The summed E-state index contributed by atoms with van der Waals surface area (Å²) in [5.74, 6) is 2.08. The van der Waals surface area contributed by atoms with Gasteiger partial charge in [-0.15, -0.1) is 11.3 Å². The Bertz CT molecular complexity index is 2190. The van der Waals surface area contributed by atoms with Gasteiger partial charge in [0.15, 0.2) is 0 Å². The van der Waals surface area contributed by atoms with E-state index >= 15 is 0 Å². The van der Waals surface area contributed by atoms with Crippen LogP contribution in [0.4, 0.5) is 5.95 Å². The number of hydrogen-bond acceptors (Lipinski definition) is 12. The Hall–Kier alpha value is -4.41. The molecule has 0 radical (unpaired) electrons. The molecule has 324 valence electrons. The number of hydrogen-bond donors (Lipinski definition) is 4. The number of likely N-dealkylation sites (tertiary alicyclic amines) is 1. The number of nitrogens with one attached hydrogen (secondary N) is 4. The number of nitrogens with zero attached hydrogens (tertiary/aromatic N) is 6. The fraction of sp³-hybridized carbons (Fsp3) is 0.556. The number of carbonyl (C=O) groups is 3. The highest BCUT2D eigenvalue weighted by molar-refractivity contribution is 7.10. The van der Waals surface area contributed by atoms with Gasteiger partial charge in [0, 0.05) is 78.8 Å². The summed E-state index contributed by atoms with van der Waals surface area (Å²) in [6.45, 7) is 6.93. The first-order valence-corrected chi connectivity index (χ1v) is 23.4. The molecule has 14 nitrogen and oxygen atoms in total. The number of amides is 3. The van der Waals surface area contributed by atoms with Gasteiger partial charge in [0.2, 0.25) is 17.8 Å². The molecule has 5 aliphatic rings. The van der Waals surface area contributed by atoms with E-state index in [1.54, 1.807) is 11.1 Å². The molecule has 16 heteroatoms. The third-order valence-corrected chi connectivity index (χ3v) is 14.6. The number of carbonyl (C=O) groups excluding carboxylic acids is 3. The van der Waals surface area contributed by atoms with Crippen molar-refractivity contribution < 1.29 is 19.1 Å². The van der Waals surface area contributed by atoms with Crippen molar-refractivity contribution in [2.24, 2.45) is 18.9 Å². The van der Waals surface area contributed by atoms with E-state index in [1.165, 1.54) is 48.3 Å². The van der Waals surface area contributed by atoms with Gasteiger partial charge in [-0.1, -0.05) is 23.7 Å². The van der Waals surface area contributed by atoms with E-state index in [1.807, 2.05) is 35.4 Å². The maximum absolute atomic E-state index is 13.0. The molecule has 4 aromatic rings. The van der Waals surface area contributed by atoms with Crippen molar-refractivity contribution in [3.8, 4) is 17.0 Å². The van der Waals surface area contributed by atoms with E-state index in [0.29, 0.717) is 48.2 Å². The summed E-state index contributed by atoms with van der Waals surface area (Å²) in [4.78, 5) is 51.6. The second-order valence-electron chi connectivity index (χ2n) is 17.6. The van der Waals surface area contributed by atoms with Crippen LogP contribution in [-0.2, 0) is 42.8 Å². The highest BCUT2D eigenvalue weighted by Crippen LogP contribution is 2.38. The molecule has 4 fully saturated rings. The summed E-state index contributed by atoms with van der Waals surface area (Å²) in [7, 11) is 2.00. The second-order valence-corrected chi connectivity index (χ2v) is 19.0. The zero-order valence-electron chi connectivity index (χ0n) is 35.0. The smallest absolute Gasteiger partial charge is 0.256 e. The minimum absolute atomic E-state index is 0.153. The van der Waals surface area contributed by atoms with Gasteiger partial charge in [-0.25, -0.2) is 9.97 Å². The number of rotatable bonds is 17. The molecule has 4 N–H and O–H groups in total. The van der Waals surface area contributed by atoms with Crippen LogP contribution in [0.5, 0.6) is 5.75 Å². The molecule has 1 aromatic carbocycles. The van der Waals surface area contributed by atoms with Crippen molar-refractivity contribution in [2.75, 3.05) is 38.0 Å². The van der Waals surface area contributed by atoms with E-state index in [2.05, 4.69) is 48.4 Å². The number of anilines is 1. The summed E-state index contributed by atoms with van der Waals surface area (Å²) in [5, 5.41) is 20.4. The Morgan fingerprint density at radius 1 is 0.934 bits per heavy atom. The Balaban J connectivity index is 0.634. The molecule has 1 atom stereocenters. The van der Waals surface area contributed by atoms with Crippen LogP contribution in [0.15, 0.2) is 42.0 Å². The molecule has 1 unspecified atom stereocenters. The molecule has 2 aliphatic carbocycles. The first-order valence-electron chi connectivity index (χ1n) is 22.2. The van der Waals surface area contributed by atoms with Gasteiger partial charge in [0.05, 0.1) is 28.7 Å². The highest BCUT2D eigenvalue weighted by Gasteiger charge is 2.40. The number of halogens is 1. The molecule has 3 amide bonds. The van der Waals surface area contributed by atoms with Crippen molar-refractivity contribution in [2.45, 2.75) is 108 Å². The molecule has 9 rings (SSSR count). The van der Waals surface area contributed by atoms with Crippen molar-refractivity contribution in [3.05, 3.63) is 74.3 Å². The zero-order chi connectivity index (χ0) is 41.9. The summed E-state index contributed by atoms with van der Waals surface area (Å²) in [6.07, 6.45) is 14.8. The number of fused-ring (bicyclic) bond motifs is 1. The van der Waals surface area contributed by atoms with Crippen molar-refractivity contribution in [3.63, 3.8) is 0 Å². The topological polar surface area (TPSA) is 159 Å². The number of piperidine rings is 2. The molecule has 3 aliphatic heterocycles. The van der Waals surface area contributed by atoms with E-state index in [0.717, 1.165) is 111 Å². The Morgan fingerprint density at radius 2 is 1.72 bits per heavy atom. The van der Waals surface area contributed by atoms with Gasteiger partial charge >= 0.3 is 0 Å². The first-order chi connectivity index (χ1) is 29.7. The number of aryl methyl sites for hydroxylation is 1. The van der Waals surface area contributed by atoms with Gasteiger partial charge in [-0.05, 0) is 113 Å². The number of aromatic nitrogens is 4. The molecular weight excluding hydrogens is 812 g/mol. The number of imide groups is 1. The molecular formula is C45H57ClN10O4S. The molecule has 6 heterocycles. The van der Waals surface area contributed by atoms with Crippen LogP contribution in [-0.4, -0.2) is 98.1 Å². The largest absolute Gasteiger partial charge is 0.488 e. The maximum Gasteiger partial charge on any atom is 0.256 e. The summed E-state index contributed by atoms with van der Waals surface area (Å²) in [5.41, 5.74) is 5.76. The number of benzene rings is 1. The summed E-state index contributed by atoms with van der Waals surface area (Å²) < 4.78 is 8.08. The Morgan fingerprint density at radius 3 is 2.49 bits per heavy atom. The predicted octanol–water partition coefficient (Wildman–Crippen LogP) is 5.70. The van der Waals surface area contributed by atoms with Gasteiger partial charge < -0.3 is 30.5 Å². The van der Waals surface area contributed by atoms with E-state index < -0.39 is 11.9 Å². The second kappa shape index (κ2) is 18.9. The lowest BCUT2D eigenvalue weighted by atomic mass is 9.90. The minimum Gasteiger partial charge on any atom is -0.488 e. The molecule has 2 saturated carbocycles. The average Bonchev–Trinajstić information content (AvgIpc) is 3.77. The van der Waals surface area contributed by atoms with Crippen LogP contribution < -0.4 is 26.0 Å². The van der Waals surface area contributed by atoms with Gasteiger partial charge in [-0.2, -0.15) is 5.10 Å². The summed E-state index contributed by atoms with van der Waals surface area (Å²) >= 11 is 8.12. The van der Waals surface area contributed by atoms with Crippen molar-refractivity contribution in [1.29, 1.82) is 0 Å². The van der Waals surface area contributed by atoms with Crippen LogP contribution >= 0.6 is 22.9 Å². The quantitative estimate of drug-likeness (QED) is 0.0763. The monoisotopic (exact) mass is 868 g/mol. The molecule has 3 aromatic heterocycles. The van der Waals surface area contributed by atoms with Gasteiger partial charge in [-0.3, -0.25) is 24.4 Å². The number of ether oxygens (including phenoxy) is 1. The fourth-order valence-electron chi connectivity index (χ4n) is 9.34. The Kier molecular flexibility index (Phi) is 13.0. The first kappa shape index (κ1) is 41.9.